The van der Waals surface area contributed by atoms with Crippen LogP contribution in [0.15, 0.2) is 30.6 Å². The van der Waals surface area contributed by atoms with E-state index in [-0.39, 0.29) is 0 Å². The van der Waals surface area contributed by atoms with Gasteiger partial charge in [-0.2, -0.15) is 9.97 Å². The highest BCUT2D eigenvalue weighted by atomic mass is 127. The Morgan fingerprint density at radius 3 is 2.78 bits per heavy atom. The van der Waals surface area contributed by atoms with Crippen LogP contribution in [0.25, 0.3) is 0 Å². The van der Waals surface area contributed by atoms with Crippen LogP contribution in [0.5, 0.6) is 17.5 Å². The fourth-order valence-corrected chi connectivity index (χ4v) is 1.85. The van der Waals surface area contributed by atoms with Gasteiger partial charge in [0.1, 0.15) is 12.1 Å². The van der Waals surface area contributed by atoms with Crippen molar-refractivity contribution in [2.75, 3.05) is 12.3 Å². The minimum absolute atomic E-state index is 0.301. The third-order valence-corrected chi connectivity index (χ3v) is 2.77. The monoisotopic (exact) mass is 357 g/mol. The van der Waals surface area contributed by atoms with Crippen molar-refractivity contribution in [3.05, 3.63) is 34.2 Å². The summed E-state index contributed by atoms with van der Waals surface area (Å²) in [5, 5.41) is 0. The van der Waals surface area contributed by atoms with Gasteiger partial charge in [-0.25, -0.2) is 0 Å². The number of anilines is 1. The lowest BCUT2D eigenvalue weighted by Crippen LogP contribution is -2.02. The topological polar surface area (TPSA) is 70.3 Å². The maximum Gasteiger partial charge on any atom is 0.249 e. The summed E-state index contributed by atoms with van der Waals surface area (Å²) in [5.74, 6) is 1.32. The summed E-state index contributed by atoms with van der Waals surface area (Å²) in [6.45, 7) is 2.35. The van der Waals surface area contributed by atoms with Crippen LogP contribution in [0.3, 0.4) is 0 Å². The lowest BCUT2D eigenvalue weighted by molar-refractivity contribution is 0.325. The van der Waals surface area contributed by atoms with Crippen LogP contribution < -0.4 is 15.2 Å². The zero-order valence-electron chi connectivity index (χ0n) is 9.76. The van der Waals surface area contributed by atoms with Gasteiger partial charge in [0.15, 0.2) is 5.69 Å². The van der Waals surface area contributed by atoms with Crippen LogP contribution in [0, 0.1) is 3.57 Å². The Labute approximate surface area is 118 Å². The number of nitrogen functional groups attached to an aromatic ring is 1. The van der Waals surface area contributed by atoms with Crippen molar-refractivity contribution >= 4 is 28.3 Å². The first-order valence-electron chi connectivity index (χ1n) is 5.37. The maximum atomic E-state index is 5.88. The molecule has 2 aromatic rings. The van der Waals surface area contributed by atoms with Gasteiger partial charge in [0.2, 0.25) is 11.8 Å². The minimum atomic E-state index is 0.301. The van der Waals surface area contributed by atoms with Crippen molar-refractivity contribution in [3.63, 3.8) is 0 Å². The average Bonchev–Trinajstić information content (AvgIpc) is 2.35. The second-order valence-corrected chi connectivity index (χ2v) is 4.64. The van der Waals surface area contributed by atoms with Gasteiger partial charge in [-0.15, -0.1) is 0 Å². The van der Waals surface area contributed by atoms with E-state index >= 15 is 0 Å². The number of hydrogen-bond acceptors (Lipinski definition) is 5. The Balaban J connectivity index is 2.26. The first kappa shape index (κ1) is 12.9. The summed E-state index contributed by atoms with van der Waals surface area (Å²) in [5.41, 5.74) is 6.18. The summed E-state index contributed by atoms with van der Waals surface area (Å²) in [6, 6.07) is 7.60. The molecule has 2 N–H and O–H groups in total. The lowest BCUT2D eigenvalue weighted by atomic mass is 10.3. The van der Waals surface area contributed by atoms with Gasteiger partial charge in [-0.05, 0) is 47.7 Å². The first-order valence-corrected chi connectivity index (χ1v) is 6.45. The molecule has 1 heterocycles. The second kappa shape index (κ2) is 5.85. The molecular weight excluding hydrogens is 345 g/mol. The summed E-state index contributed by atoms with van der Waals surface area (Å²) in [6.07, 6.45) is 1.37. The van der Waals surface area contributed by atoms with E-state index in [9.17, 15) is 0 Å². The molecule has 94 valence electrons. The molecule has 1 aromatic heterocycles. The van der Waals surface area contributed by atoms with Crippen LogP contribution in [-0.4, -0.2) is 16.6 Å². The molecular formula is C12H12IN3O2. The molecule has 18 heavy (non-hydrogen) atoms. The predicted octanol–water partition coefficient (Wildman–Crippen LogP) is 2.85. The molecule has 2 rings (SSSR count). The van der Waals surface area contributed by atoms with E-state index in [1.54, 1.807) is 0 Å². The molecule has 0 aliphatic heterocycles. The van der Waals surface area contributed by atoms with Crippen LogP contribution in [-0.2, 0) is 0 Å². The largest absolute Gasteiger partial charge is 0.476 e. The summed E-state index contributed by atoms with van der Waals surface area (Å²) in [7, 11) is 0. The first-order chi connectivity index (χ1) is 8.70. The number of ether oxygens (including phenoxy) is 2. The van der Waals surface area contributed by atoms with Crippen LogP contribution in [0.4, 0.5) is 5.69 Å². The van der Waals surface area contributed by atoms with Crippen molar-refractivity contribution in [1.29, 1.82) is 0 Å². The number of nitrogens with two attached hydrogens (primary N) is 1. The summed E-state index contributed by atoms with van der Waals surface area (Å²) < 4.78 is 12.0. The molecule has 0 radical (unpaired) electrons. The zero-order valence-corrected chi connectivity index (χ0v) is 11.9. The van der Waals surface area contributed by atoms with E-state index < -0.39 is 0 Å². The van der Waals surface area contributed by atoms with Gasteiger partial charge in [0, 0.05) is 3.57 Å². The average molecular weight is 357 g/mol. The second-order valence-electron chi connectivity index (χ2n) is 3.39. The number of halogens is 1. The summed E-state index contributed by atoms with van der Waals surface area (Å²) in [4.78, 5) is 7.95. The highest BCUT2D eigenvalue weighted by Crippen LogP contribution is 2.30. The molecule has 0 saturated heterocycles. The van der Waals surface area contributed by atoms with Crippen LogP contribution >= 0.6 is 22.6 Å². The van der Waals surface area contributed by atoms with Crippen molar-refractivity contribution < 1.29 is 9.47 Å². The SMILES string of the molecule is CCOc1ncnc(Oc2cccc(I)c2)c1N. The standard InChI is InChI=1S/C12H12IN3O2/c1-2-17-11-10(14)12(16-7-15-11)18-9-5-3-4-8(13)6-9/h3-7H,2,14H2,1H3. The Morgan fingerprint density at radius 1 is 1.28 bits per heavy atom. The smallest absolute Gasteiger partial charge is 0.249 e. The Hall–Kier alpha value is -1.57. The fourth-order valence-electron chi connectivity index (χ4n) is 1.34. The summed E-state index contributed by atoms with van der Waals surface area (Å²) >= 11 is 2.21. The molecule has 5 nitrogen and oxygen atoms in total. The third kappa shape index (κ3) is 3.00. The van der Waals surface area contributed by atoms with Crippen molar-refractivity contribution in [3.8, 4) is 17.5 Å². The molecule has 0 spiro atoms. The quantitative estimate of drug-likeness (QED) is 0.853. The minimum Gasteiger partial charge on any atom is -0.476 e. The molecule has 0 saturated carbocycles. The molecule has 1 aromatic carbocycles. The number of benzene rings is 1. The van der Waals surface area contributed by atoms with Gasteiger partial charge >= 0.3 is 0 Å². The van der Waals surface area contributed by atoms with E-state index in [1.807, 2.05) is 31.2 Å². The van der Waals surface area contributed by atoms with E-state index in [4.69, 9.17) is 15.2 Å². The molecule has 0 atom stereocenters. The third-order valence-electron chi connectivity index (χ3n) is 2.10. The molecule has 0 bridgehead atoms. The van der Waals surface area contributed by atoms with Gasteiger partial charge in [-0.3, -0.25) is 0 Å². The molecule has 0 unspecified atom stereocenters. The van der Waals surface area contributed by atoms with Gasteiger partial charge < -0.3 is 15.2 Å². The fraction of sp³-hybridized carbons (Fsp3) is 0.167. The van der Waals surface area contributed by atoms with Gasteiger partial charge in [-0.1, -0.05) is 6.07 Å². The van der Waals surface area contributed by atoms with Gasteiger partial charge in [0.05, 0.1) is 6.61 Å². The number of nitrogens with zero attached hydrogens (tertiary/aromatic N) is 2. The number of hydrogen-bond donors (Lipinski definition) is 1. The Morgan fingerprint density at radius 2 is 2.06 bits per heavy atom. The molecule has 0 fully saturated rings. The maximum absolute atomic E-state index is 5.88. The lowest BCUT2D eigenvalue weighted by Gasteiger charge is -2.10. The van der Waals surface area contributed by atoms with E-state index in [1.165, 1.54) is 6.33 Å². The van der Waals surface area contributed by atoms with Crippen molar-refractivity contribution in [2.24, 2.45) is 0 Å². The normalized spacial score (nSPS) is 10.1. The van der Waals surface area contributed by atoms with Gasteiger partial charge in [0.25, 0.3) is 0 Å². The van der Waals surface area contributed by atoms with Crippen molar-refractivity contribution in [2.45, 2.75) is 6.92 Å². The van der Waals surface area contributed by atoms with E-state index in [0.29, 0.717) is 29.8 Å². The van der Waals surface area contributed by atoms with Crippen molar-refractivity contribution in [1.82, 2.24) is 9.97 Å². The number of rotatable bonds is 4. The Bertz CT molecular complexity index is 549. The number of aromatic nitrogens is 2. The zero-order chi connectivity index (χ0) is 13.0. The molecule has 6 heteroatoms. The predicted molar refractivity (Wildman–Crippen MR) is 76.8 cm³/mol. The Kier molecular flexibility index (Phi) is 4.19. The highest BCUT2D eigenvalue weighted by molar-refractivity contribution is 14.1. The van der Waals surface area contributed by atoms with Crippen LogP contribution in [0.1, 0.15) is 6.92 Å². The molecule has 0 amide bonds. The van der Waals surface area contributed by atoms with Crippen LogP contribution in [0.2, 0.25) is 0 Å². The molecule has 0 aliphatic rings. The molecule has 0 aliphatic carbocycles. The van der Waals surface area contributed by atoms with E-state index in [2.05, 4.69) is 32.6 Å². The van der Waals surface area contributed by atoms with E-state index in [0.717, 1.165) is 3.57 Å². The highest BCUT2D eigenvalue weighted by Gasteiger charge is 2.11.